The summed E-state index contributed by atoms with van der Waals surface area (Å²) < 4.78 is 37.0. The molecule has 1 N–H and O–H groups in total. The van der Waals surface area contributed by atoms with E-state index in [0.717, 1.165) is 0 Å². The Bertz CT molecular complexity index is 647. The van der Waals surface area contributed by atoms with Crippen LogP contribution in [0.15, 0.2) is 48.7 Å². The number of amides is 1. The third kappa shape index (κ3) is 4.73. The molecule has 22 heavy (non-hydrogen) atoms. The van der Waals surface area contributed by atoms with Crippen molar-refractivity contribution < 1.29 is 18.0 Å². The highest BCUT2D eigenvalue weighted by Crippen LogP contribution is 2.25. The highest BCUT2D eigenvalue weighted by Gasteiger charge is 2.32. The topological polar surface area (TPSA) is 42.0 Å². The zero-order valence-electron chi connectivity index (χ0n) is 11.3. The van der Waals surface area contributed by atoms with Gasteiger partial charge in [-0.3, -0.25) is 9.78 Å². The van der Waals surface area contributed by atoms with Crippen molar-refractivity contribution in [2.24, 2.45) is 0 Å². The monoisotopic (exact) mass is 328 g/mol. The fraction of sp³-hybridized carbons (Fsp3) is 0.200. The predicted molar refractivity (Wildman–Crippen MR) is 76.3 cm³/mol. The number of benzene rings is 1. The molecule has 0 spiro atoms. The minimum Gasteiger partial charge on any atom is -0.343 e. The second kappa shape index (κ2) is 6.79. The van der Waals surface area contributed by atoms with Crippen molar-refractivity contribution in [3.05, 3.63) is 64.9 Å². The zero-order valence-corrected chi connectivity index (χ0v) is 12.0. The SMILES string of the molecule is O=C(CC(F)(F)F)N[C@H](c1cccc(Cl)c1)c1ccccn1. The summed E-state index contributed by atoms with van der Waals surface area (Å²) in [5.74, 6) is -1.12. The van der Waals surface area contributed by atoms with E-state index in [2.05, 4.69) is 10.3 Å². The average molecular weight is 329 g/mol. The molecule has 0 saturated carbocycles. The van der Waals surface area contributed by atoms with Crippen molar-refractivity contribution >= 4 is 17.5 Å². The van der Waals surface area contributed by atoms with Crippen LogP contribution in [0.5, 0.6) is 0 Å². The van der Waals surface area contributed by atoms with Crippen LogP contribution in [0.2, 0.25) is 5.02 Å². The Hall–Kier alpha value is -2.08. The third-order valence-electron chi connectivity index (χ3n) is 2.83. The van der Waals surface area contributed by atoms with Gasteiger partial charge >= 0.3 is 6.18 Å². The molecule has 0 aliphatic heterocycles. The number of halogens is 4. The predicted octanol–water partition coefficient (Wildman–Crippen LogP) is 3.89. The van der Waals surface area contributed by atoms with Crippen molar-refractivity contribution in [1.29, 1.82) is 0 Å². The van der Waals surface area contributed by atoms with Gasteiger partial charge in [-0.15, -0.1) is 0 Å². The number of carbonyl (C=O) groups excluding carboxylic acids is 1. The van der Waals surface area contributed by atoms with Gasteiger partial charge in [-0.05, 0) is 29.8 Å². The lowest BCUT2D eigenvalue weighted by Gasteiger charge is -2.19. The van der Waals surface area contributed by atoms with Crippen molar-refractivity contribution in [3.63, 3.8) is 0 Å². The van der Waals surface area contributed by atoms with Crippen LogP contribution >= 0.6 is 11.6 Å². The Balaban J connectivity index is 2.29. The van der Waals surface area contributed by atoms with E-state index >= 15 is 0 Å². The summed E-state index contributed by atoms with van der Waals surface area (Å²) in [6, 6.07) is 10.7. The first kappa shape index (κ1) is 16.3. The standard InChI is InChI=1S/C15H12ClF3N2O/c16-11-5-3-4-10(8-11)14(12-6-1-2-7-20-12)21-13(22)9-15(17,18)19/h1-8,14H,9H2,(H,21,22)/t14-/m1/s1. The van der Waals surface area contributed by atoms with Crippen LogP contribution in [0.1, 0.15) is 23.7 Å². The van der Waals surface area contributed by atoms with Gasteiger partial charge < -0.3 is 5.32 Å². The Morgan fingerprint density at radius 2 is 2.00 bits per heavy atom. The van der Waals surface area contributed by atoms with Crippen molar-refractivity contribution in [1.82, 2.24) is 10.3 Å². The second-order valence-electron chi connectivity index (χ2n) is 4.60. The van der Waals surface area contributed by atoms with E-state index in [0.29, 0.717) is 16.3 Å². The molecule has 0 unspecified atom stereocenters. The number of pyridine rings is 1. The van der Waals surface area contributed by atoms with E-state index in [-0.39, 0.29) is 0 Å². The maximum absolute atomic E-state index is 12.3. The molecular weight excluding hydrogens is 317 g/mol. The number of alkyl halides is 3. The summed E-state index contributed by atoms with van der Waals surface area (Å²) in [5, 5.41) is 2.77. The van der Waals surface area contributed by atoms with Gasteiger partial charge in [0.2, 0.25) is 5.91 Å². The maximum Gasteiger partial charge on any atom is 0.397 e. The first-order valence-electron chi connectivity index (χ1n) is 6.38. The Labute approximate surface area is 130 Å². The molecule has 0 aliphatic carbocycles. The minimum atomic E-state index is -4.56. The largest absolute Gasteiger partial charge is 0.397 e. The molecule has 1 aromatic carbocycles. The quantitative estimate of drug-likeness (QED) is 0.925. The highest BCUT2D eigenvalue weighted by atomic mass is 35.5. The van der Waals surface area contributed by atoms with E-state index < -0.39 is 24.5 Å². The normalized spacial score (nSPS) is 12.7. The van der Waals surface area contributed by atoms with Crippen LogP contribution in [0.25, 0.3) is 0 Å². The number of rotatable bonds is 4. The number of hydrogen-bond acceptors (Lipinski definition) is 2. The van der Waals surface area contributed by atoms with Gasteiger partial charge in [-0.1, -0.05) is 29.8 Å². The van der Waals surface area contributed by atoms with Crippen LogP contribution in [0, 0.1) is 0 Å². The number of carbonyl (C=O) groups is 1. The van der Waals surface area contributed by atoms with E-state index in [4.69, 9.17) is 11.6 Å². The van der Waals surface area contributed by atoms with E-state index in [9.17, 15) is 18.0 Å². The minimum absolute atomic E-state index is 0.420. The fourth-order valence-corrected chi connectivity index (χ4v) is 2.15. The van der Waals surface area contributed by atoms with E-state index in [1.165, 1.54) is 6.20 Å². The van der Waals surface area contributed by atoms with Crippen molar-refractivity contribution in [2.45, 2.75) is 18.6 Å². The molecule has 0 radical (unpaired) electrons. The Morgan fingerprint density at radius 1 is 1.23 bits per heavy atom. The van der Waals surface area contributed by atoms with Gasteiger partial charge in [0.1, 0.15) is 6.42 Å². The smallest absolute Gasteiger partial charge is 0.343 e. The van der Waals surface area contributed by atoms with Gasteiger partial charge in [-0.25, -0.2) is 0 Å². The second-order valence-corrected chi connectivity index (χ2v) is 5.04. The molecule has 7 heteroatoms. The van der Waals surface area contributed by atoms with Crippen molar-refractivity contribution in [3.8, 4) is 0 Å². The lowest BCUT2D eigenvalue weighted by atomic mass is 10.0. The summed E-state index contributed by atoms with van der Waals surface area (Å²) in [6.07, 6.45) is -4.60. The molecule has 116 valence electrons. The first-order valence-corrected chi connectivity index (χ1v) is 6.75. The molecule has 1 atom stereocenters. The summed E-state index contributed by atoms with van der Waals surface area (Å²) in [6.45, 7) is 0. The van der Waals surface area contributed by atoms with Crippen LogP contribution in [-0.4, -0.2) is 17.1 Å². The van der Waals surface area contributed by atoms with Crippen molar-refractivity contribution in [2.75, 3.05) is 0 Å². The Morgan fingerprint density at radius 3 is 2.59 bits per heavy atom. The molecule has 0 bridgehead atoms. The molecular formula is C15H12ClF3N2O. The molecule has 1 aromatic heterocycles. The number of nitrogens with one attached hydrogen (secondary N) is 1. The molecule has 3 nitrogen and oxygen atoms in total. The summed E-state index contributed by atoms with van der Waals surface area (Å²) in [4.78, 5) is 15.7. The number of hydrogen-bond donors (Lipinski definition) is 1. The lowest BCUT2D eigenvalue weighted by Crippen LogP contribution is -2.33. The molecule has 0 saturated heterocycles. The summed E-state index contributed by atoms with van der Waals surface area (Å²) >= 11 is 5.91. The molecule has 1 amide bonds. The van der Waals surface area contributed by atoms with Gasteiger partial charge in [0.05, 0.1) is 11.7 Å². The zero-order chi connectivity index (χ0) is 16.2. The summed E-state index contributed by atoms with van der Waals surface area (Å²) in [5.41, 5.74) is 0.988. The number of aromatic nitrogens is 1. The number of nitrogens with zero attached hydrogens (tertiary/aromatic N) is 1. The molecule has 2 aromatic rings. The highest BCUT2D eigenvalue weighted by molar-refractivity contribution is 6.30. The summed E-state index contributed by atoms with van der Waals surface area (Å²) in [7, 11) is 0. The van der Waals surface area contributed by atoms with Crippen LogP contribution in [0.3, 0.4) is 0 Å². The molecule has 1 heterocycles. The molecule has 2 rings (SSSR count). The van der Waals surface area contributed by atoms with E-state index in [1.807, 2.05) is 0 Å². The van der Waals surface area contributed by atoms with Gasteiger partial charge in [0.25, 0.3) is 0 Å². The average Bonchev–Trinajstić information content (AvgIpc) is 2.44. The van der Waals surface area contributed by atoms with E-state index in [1.54, 1.807) is 42.5 Å². The van der Waals surface area contributed by atoms with Gasteiger partial charge in [0, 0.05) is 11.2 Å². The van der Waals surface area contributed by atoms with Gasteiger partial charge in [-0.2, -0.15) is 13.2 Å². The lowest BCUT2D eigenvalue weighted by molar-refractivity contribution is -0.154. The van der Waals surface area contributed by atoms with Crippen LogP contribution < -0.4 is 5.32 Å². The maximum atomic E-state index is 12.3. The fourth-order valence-electron chi connectivity index (χ4n) is 1.95. The van der Waals surface area contributed by atoms with Crippen LogP contribution in [-0.2, 0) is 4.79 Å². The molecule has 0 fully saturated rings. The van der Waals surface area contributed by atoms with Gasteiger partial charge in [0.15, 0.2) is 0 Å². The Kier molecular flexibility index (Phi) is 5.03. The molecule has 0 aliphatic rings. The third-order valence-corrected chi connectivity index (χ3v) is 3.07. The first-order chi connectivity index (χ1) is 10.3. The van der Waals surface area contributed by atoms with Crippen LogP contribution in [0.4, 0.5) is 13.2 Å².